The molecule has 0 aliphatic heterocycles. The fraction of sp³-hybridized carbons (Fsp3) is 0.625. The maximum absolute atomic E-state index is 13.1. The number of unbranched alkanes of at least 4 members (excludes halogenated alkanes) is 5. The van der Waals surface area contributed by atoms with Gasteiger partial charge in [0, 0.05) is 6.04 Å². The number of benzene rings is 1. The molecular formula is C16H27FN2. The van der Waals surface area contributed by atoms with E-state index in [1.165, 1.54) is 44.6 Å². The normalized spacial score (nSPS) is 12.6. The van der Waals surface area contributed by atoms with E-state index in [1.807, 2.05) is 6.07 Å². The van der Waals surface area contributed by atoms with E-state index in [1.54, 1.807) is 12.1 Å². The van der Waals surface area contributed by atoms with Gasteiger partial charge in [0.15, 0.2) is 0 Å². The van der Waals surface area contributed by atoms with Gasteiger partial charge in [0.05, 0.1) is 0 Å². The summed E-state index contributed by atoms with van der Waals surface area (Å²) < 4.78 is 13.1. The smallest absolute Gasteiger partial charge is 0.123 e. The number of nitrogens with one attached hydrogen (secondary N) is 1. The minimum atomic E-state index is -0.173. The van der Waals surface area contributed by atoms with Crippen molar-refractivity contribution in [2.45, 2.75) is 64.3 Å². The standard InChI is InChI=1S/C16H27FN2/c1-2-3-4-5-6-7-11-16(19-18)13-14-9-8-10-15(17)12-14/h8-10,12,16,19H,2-7,11,13,18H2,1H3. The molecule has 0 saturated carbocycles. The number of hydrogen-bond acceptors (Lipinski definition) is 2. The van der Waals surface area contributed by atoms with Crippen LogP contribution in [0.1, 0.15) is 57.4 Å². The van der Waals surface area contributed by atoms with Crippen molar-refractivity contribution in [1.29, 1.82) is 0 Å². The summed E-state index contributed by atoms with van der Waals surface area (Å²) in [7, 11) is 0. The maximum Gasteiger partial charge on any atom is 0.123 e. The van der Waals surface area contributed by atoms with Crippen LogP contribution in [0.4, 0.5) is 4.39 Å². The van der Waals surface area contributed by atoms with Gasteiger partial charge >= 0.3 is 0 Å². The molecule has 0 aliphatic rings. The van der Waals surface area contributed by atoms with Crippen molar-refractivity contribution in [1.82, 2.24) is 5.43 Å². The van der Waals surface area contributed by atoms with Crippen LogP contribution in [0, 0.1) is 5.82 Å². The highest BCUT2D eigenvalue weighted by molar-refractivity contribution is 5.17. The van der Waals surface area contributed by atoms with E-state index in [0.717, 1.165) is 18.4 Å². The molecule has 3 N–H and O–H groups in total. The Morgan fingerprint density at radius 1 is 1.16 bits per heavy atom. The van der Waals surface area contributed by atoms with Gasteiger partial charge in [-0.1, -0.05) is 57.6 Å². The molecule has 0 saturated heterocycles. The van der Waals surface area contributed by atoms with E-state index in [4.69, 9.17) is 5.84 Å². The van der Waals surface area contributed by atoms with E-state index in [-0.39, 0.29) is 11.9 Å². The first-order chi connectivity index (χ1) is 9.26. The lowest BCUT2D eigenvalue weighted by molar-refractivity contribution is 0.458. The topological polar surface area (TPSA) is 38.0 Å². The van der Waals surface area contributed by atoms with Crippen LogP contribution >= 0.6 is 0 Å². The van der Waals surface area contributed by atoms with Gasteiger partial charge in [-0.3, -0.25) is 11.3 Å². The van der Waals surface area contributed by atoms with Gasteiger partial charge in [0.2, 0.25) is 0 Å². The third-order valence-electron chi connectivity index (χ3n) is 3.51. The van der Waals surface area contributed by atoms with Gasteiger partial charge in [-0.05, 0) is 30.5 Å². The van der Waals surface area contributed by atoms with Gasteiger partial charge in [-0.15, -0.1) is 0 Å². The highest BCUT2D eigenvalue weighted by Crippen LogP contribution is 2.12. The zero-order valence-corrected chi connectivity index (χ0v) is 12.0. The van der Waals surface area contributed by atoms with Crippen molar-refractivity contribution < 1.29 is 4.39 Å². The fourth-order valence-corrected chi connectivity index (χ4v) is 2.36. The quantitative estimate of drug-likeness (QED) is 0.382. The molecule has 0 amide bonds. The highest BCUT2D eigenvalue weighted by Gasteiger charge is 2.07. The maximum atomic E-state index is 13.1. The molecule has 1 aromatic rings. The van der Waals surface area contributed by atoms with E-state index >= 15 is 0 Å². The summed E-state index contributed by atoms with van der Waals surface area (Å²) in [6.07, 6.45) is 9.57. The molecule has 1 aromatic carbocycles. The molecule has 1 rings (SSSR count). The summed E-state index contributed by atoms with van der Waals surface area (Å²) in [6, 6.07) is 7.01. The minimum Gasteiger partial charge on any atom is -0.271 e. The molecule has 0 fully saturated rings. The molecule has 1 unspecified atom stereocenters. The van der Waals surface area contributed by atoms with Crippen LogP contribution in [0.5, 0.6) is 0 Å². The van der Waals surface area contributed by atoms with Crippen LogP contribution in [0.25, 0.3) is 0 Å². The first-order valence-corrected chi connectivity index (χ1v) is 7.46. The van der Waals surface area contributed by atoms with Gasteiger partial charge in [0.1, 0.15) is 5.82 Å². The van der Waals surface area contributed by atoms with Gasteiger partial charge in [-0.2, -0.15) is 0 Å². The average Bonchev–Trinajstić information content (AvgIpc) is 2.41. The Hall–Kier alpha value is -0.930. The largest absolute Gasteiger partial charge is 0.271 e. The van der Waals surface area contributed by atoms with Crippen LogP contribution in [0.3, 0.4) is 0 Å². The molecule has 19 heavy (non-hydrogen) atoms. The molecule has 1 atom stereocenters. The molecule has 0 aromatic heterocycles. The van der Waals surface area contributed by atoms with E-state index in [0.29, 0.717) is 0 Å². The van der Waals surface area contributed by atoms with Crippen LogP contribution in [0.2, 0.25) is 0 Å². The van der Waals surface area contributed by atoms with Crippen LogP contribution in [0.15, 0.2) is 24.3 Å². The Morgan fingerprint density at radius 3 is 2.58 bits per heavy atom. The Balaban J connectivity index is 2.22. The third kappa shape index (κ3) is 7.28. The van der Waals surface area contributed by atoms with Crippen molar-refractivity contribution in [3.05, 3.63) is 35.6 Å². The lowest BCUT2D eigenvalue weighted by Gasteiger charge is -2.15. The predicted molar refractivity (Wildman–Crippen MR) is 79.2 cm³/mol. The molecule has 0 radical (unpaired) electrons. The number of halogens is 1. The first kappa shape index (κ1) is 16.1. The summed E-state index contributed by atoms with van der Waals surface area (Å²) in [5.74, 6) is 5.40. The molecular weight excluding hydrogens is 239 g/mol. The van der Waals surface area contributed by atoms with Crippen molar-refractivity contribution >= 4 is 0 Å². The van der Waals surface area contributed by atoms with Crippen molar-refractivity contribution in [2.24, 2.45) is 5.84 Å². The van der Waals surface area contributed by atoms with E-state index in [2.05, 4.69) is 12.3 Å². The Kier molecular flexibility index (Phi) is 8.43. The summed E-state index contributed by atoms with van der Waals surface area (Å²) in [5, 5.41) is 0. The molecule has 0 spiro atoms. The Labute approximate surface area is 116 Å². The molecule has 108 valence electrons. The predicted octanol–water partition coefficient (Wildman–Crippen LogP) is 3.95. The monoisotopic (exact) mass is 266 g/mol. The molecule has 2 nitrogen and oxygen atoms in total. The summed E-state index contributed by atoms with van der Waals surface area (Å²) in [4.78, 5) is 0. The highest BCUT2D eigenvalue weighted by atomic mass is 19.1. The second-order valence-corrected chi connectivity index (χ2v) is 5.25. The average molecular weight is 266 g/mol. The zero-order valence-electron chi connectivity index (χ0n) is 12.0. The fourth-order valence-electron chi connectivity index (χ4n) is 2.36. The van der Waals surface area contributed by atoms with Crippen LogP contribution in [-0.4, -0.2) is 6.04 Å². The second kappa shape index (κ2) is 9.93. The molecule has 0 heterocycles. The van der Waals surface area contributed by atoms with Crippen molar-refractivity contribution in [2.75, 3.05) is 0 Å². The van der Waals surface area contributed by atoms with Gasteiger partial charge < -0.3 is 0 Å². The van der Waals surface area contributed by atoms with Crippen LogP contribution in [-0.2, 0) is 6.42 Å². The SMILES string of the molecule is CCCCCCCCC(Cc1cccc(F)c1)NN. The Morgan fingerprint density at radius 2 is 1.89 bits per heavy atom. The van der Waals surface area contributed by atoms with Crippen LogP contribution < -0.4 is 11.3 Å². The number of nitrogens with two attached hydrogens (primary N) is 1. The number of hydrazine groups is 1. The molecule has 3 heteroatoms. The van der Waals surface area contributed by atoms with Gasteiger partial charge in [0.25, 0.3) is 0 Å². The lowest BCUT2D eigenvalue weighted by atomic mass is 10.00. The molecule has 0 aliphatic carbocycles. The van der Waals surface area contributed by atoms with E-state index in [9.17, 15) is 4.39 Å². The summed E-state index contributed by atoms with van der Waals surface area (Å²) >= 11 is 0. The number of hydrogen-bond donors (Lipinski definition) is 2. The third-order valence-corrected chi connectivity index (χ3v) is 3.51. The number of rotatable bonds is 10. The lowest BCUT2D eigenvalue weighted by Crippen LogP contribution is -2.36. The van der Waals surface area contributed by atoms with E-state index < -0.39 is 0 Å². The van der Waals surface area contributed by atoms with Gasteiger partial charge in [-0.25, -0.2) is 4.39 Å². The van der Waals surface area contributed by atoms with Crippen molar-refractivity contribution in [3.63, 3.8) is 0 Å². The second-order valence-electron chi connectivity index (χ2n) is 5.25. The summed E-state index contributed by atoms with van der Waals surface area (Å²) in [6.45, 7) is 2.23. The minimum absolute atomic E-state index is 0.173. The molecule has 0 bridgehead atoms. The first-order valence-electron chi connectivity index (χ1n) is 7.46. The summed E-state index contributed by atoms with van der Waals surface area (Å²) in [5.41, 5.74) is 3.86. The van der Waals surface area contributed by atoms with Crippen molar-refractivity contribution in [3.8, 4) is 0 Å². The Bertz CT molecular complexity index is 341. The zero-order chi connectivity index (χ0) is 13.9.